The van der Waals surface area contributed by atoms with Gasteiger partial charge in [0.05, 0.1) is 18.1 Å². The number of aromatic nitrogens is 6. The van der Waals surface area contributed by atoms with Crippen molar-refractivity contribution < 1.29 is 4.52 Å². The summed E-state index contributed by atoms with van der Waals surface area (Å²) in [5.74, 6) is 2.49. The van der Waals surface area contributed by atoms with E-state index in [1.165, 1.54) is 12.8 Å². The first kappa shape index (κ1) is 16.6. The summed E-state index contributed by atoms with van der Waals surface area (Å²) < 4.78 is 7.42. The van der Waals surface area contributed by atoms with E-state index in [9.17, 15) is 0 Å². The summed E-state index contributed by atoms with van der Waals surface area (Å²) in [5, 5.41) is 16.4. The highest BCUT2D eigenvalue weighted by atomic mass is 16.5. The molecule has 0 radical (unpaired) electrons. The molecular weight excluding hydrogens is 320 g/mol. The van der Waals surface area contributed by atoms with Gasteiger partial charge in [0.15, 0.2) is 11.6 Å². The average molecular weight is 346 g/mol. The lowest BCUT2D eigenvalue weighted by atomic mass is 10.2. The van der Waals surface area contributed by atoms with Gasteiger partial charge in [0.1, 0.15) is 0 Å². The fourth-order valence-electron chi connectivity index (χ4n) is 3.47. The molecule has 1 saturated carbocycles. The van der Waals surface area contributed by atoms with Crippen LogP contribution in [0.4, 0.5) is 0 Å². The van der Waals surface area contributed by atoms with E-state index >= 15 is 0 Å². The molecule has 25 heavy (non-hydrogen) atoms. The Morgan fingerprint density at radius 3 is 2.36 bits per heavy atom. The van der Waals surface area contributed by atoms with Gasteiger partial charge in [-0.15, -0.1) is 5.10 Å². The number of piperazine rings is 1. The smallest absolute Gasteiger partial charge is 0.243 e. The third-order valence-electron chi connectivity index (χ3n) is 5.39. The van der Waals surface area contributed by atoms with Crippen LogP contribution in [0.3, 0.4) is 0 Å². The Kier molecular flexibility index (Phi) is 4.51. The highest BCUT2D eigenvalue weighted by molar-refractivity contribution is 4.98. The molecule has 2 atom stereocenters. The topological polar surface area (TPSA) is 89.0 Å². The maximum atomic E-state index is 5.41. The molecule has 0 amide bonds. The molecule has 2 fully saturated rings. The summed E-state index contributed by atoms with van der Waals surface area (Å²) in [6, 6.07) is 0.907. The second kappa shape index (κ2) is 6.80. The van der Waals surface area contributed by atoms with Gasteiger partial charge in [-0.3, -0.25) is 9.80 Å². The van der Waals surface area contributed by atoms with E-state index in [-0.39, 0.29) is 12.1 Å². The molecule has 2 aromatic rings. The lowest BCUT2D eigenvalue weighted by Gasteiger charge is -2.39. The molecule has 0 aromatic carbocycles. The zero-order valence-corrected chi connectivity index (χ0v) is 15.2. The zero-order chi connectivity index (χ0) is 17.4. The van der Waals surface area contributed by atoms with Gasteiger partial charge in [0.2, 0.25) is 5.89 Å². The molecule has 1 saturated heterocycles. The van der Waals surface area contributed by atoms with Gasteiger partial charge in [0.25, 0.3) is 0 Å². The predicted molar refractivity (Wildman–Crippen MR) is 89.7 cm³/mol. The second-order valence-electron chi connectivity index (χ2n) is 7.04. The third kappa shape index (κ3) is 3.30. The number of tetrazole rings is 1. The molecule has 1 aliphatic heterocycles. The molecule has 9 nitrogen and oxygen atoms in total. The van der Waals surface area contributed by atoms with E-state index < -0.39 is 0 Å². The minimum atomic E-state index is 0.155. The van der Waals surface area contributed by atoms with Crippen molar-refractivity contribution in [3.63, 3.8) is 0 Å². The van der Waals surface area contributed by atoms with Crippen LogP contribution in [0, 0.1) is 0 Å². The van der Waals surface area contributed by atoms with Crippen molar-refractivity contribution in [2.75, 3.05) is 26.2 Å². The summed E-state index contributed by atoms with van der Waals surface area (Å²) in [6.07, 6.45) is 3.19. The van der Waals surface area contributed by atoms with E-state index in [2.05, 4.69) is 49.3 Å². The number of rotatable bonds is 6. The van der Waals surface area contributed by atoms with Crippen LogP contribution >= 0.6 is 0 Å². The standard InChI is InChI=1S/C16H26N8O/c1-4-14-17-16(25-19-14)12(3)23-9-7-22(8-10-23)11(2)15-18-20-21-24(15)13-5-6-13/h11-13H,4-10H2,1-3H3. The highest BCUT2D eigenvalue weighted by Gasteiger charge is 2.33. The van der Waals surface area contributed by atoms with Gasteiger partial charge < -0.3 is 4.52 Å². The van der Waals surface area contributed by atoms with Gasteiger partial charge in [-0.2, -0.15) is 4.98 Å². The second-order valence-corrected chi connectivity index (χ2v) is 7.04. The Morgan fingerprint density at radius 1 is 1.08 bits per heavy atom. The summed E-state index contributed by atoms with van der Waals surface area (Å²) >= 11 is 0. The van der Waals surface area contributed by atoms with Crippen LogP contribution in [0.15, 0.2) is 4.52 Å². The molecule has 4 rings (SSSR count). The maximum Gasteiger partial charge on any atom is 0.243 e. The average Bonchev–Trinajstić information content (AvgIpc) is 3.19. The highest BCUT2D eigenvalue weighted by Crippen LogP contribution is 2.36. The van der Waals surface area contributed by atoms with E-state index in [4.69, 9.17) is 4.52 Å². The molecule has 2 aliphatic rings. The Bertz CT molecular complexity index is 701. The fraction of sp³-hybridized carbons (Fsp3) is 0.812. The normalized spacial score (nSPS) is 22.2. The predicted octanol–water partition coefficient (Wildman–Crippen LogP) is 1.39. The van der Waals surface area contributed by atoms with Crippen molar-refractivity contribution in [2.45, 2.75) is 58.2 Å². The van der Waals surface area contributed by atoms with E-state index in [1.807, 2.05) is 11.6 Å². The molecule has 3 heterocycles. The summed E-state index contributed by atoms with van der Waals surface area (Å²) in [7, 11) is 0. The molecule has 0 bridgehead atoms. The summed E-state index contributed by atoms with van der Waals surface area (Å²) in [4.78, 5) is 9.33. The van der Waals surface area contributed by atoms with Crippen LogP contribution in [-0.2, 0) is 6.42 Å². The lowest BCUT2D eigenvalue weighted by Crippen LogP contribution is -2.48. The SMILES string of the molecule is CCc1noc(C(C)N2CCN(C(C)c3nnnn3C3CC3)CC2)n1. The molecule has 2 unspecified atom stereocenters. The van der Waals surface area contributed by atoms with Crippen LogP contribution in [0.2, 0.25) is 0 Å². The van der Waals surface area contributed by atoms with Crippen molar-refractivity contribution in [1.29, 1.82) is 0 Å². The minimum absolute atomic E-state index is 0.155. The van der Waals surface area contributed by atoms with Crippen LogP contribution in [-0.4, -0.2) is 66.3 Å². The number of nitrogens with zero attached hydrogens (tertiary/aromatic N) is 8. The van der Waals surface area contributed by atoms with Crippen LogP contribution in [0.1, 0.15) is 69.3 Å². The third-order valence-corrected chi connectivity index (χ3v) is 5.39. The quantitative estimate of drug-likeness (QED) is 0.775. The van der Waals surface area contributed by atoms with Gasteiger partial charge in [-0.25, -0.2) is 4.68 Å². The maximum absolute atomic E-state index is 5.41. The van der Waals surface area contributed by atoms with Gasteiger partial charge >= 0.3 is 0 Å². The van der Waals surface area contributed by atoms with E-state index in [0.29, 0.717) is 6.04 Å². The molecule has 136 valence electrons. The Labute approximate surface area is 147 Å². The van der Waals surface area contributed by atoms with Crippen molar-refractivity contribution in [3.05, 3.63) is 17.5 Å². The molecule has 2 aromatic heterocycles. The fourth-order valence-corrected chi connectivity index (χ4v) is 3.47. The first-order chi connectivity index (χ1) is 12.2. The zero-order valence-electron chi connectivity index (χ0n) is 15.2. The van der Waals surface area contributed by atoms with Gasteiger partial charge in [-0.05, 0) is 37.1 Å². The van der Waals surface area contributed by atoms with Crippen molar-refractivity contribution >= 4 is 0 Å². The summed E-state index contributed by atoms with van der Waals surface area (Å²) in [5.41, 5.74) is 0. The van der Waals surface area contributed by atoms with E-state index in [0.717, 1.165) is 50.1 Å². The van der Waals surface area contributed by atoms with Crippen molar-refractivity contribution in [2.24, 2.45) is 0 Å². The number of aryl methyl sites for hydroxylation is 1. The summed E-state index contributed by atoms with van der Waals surface area (Å²) in [6.45, 7) is 10.3. The number of hydrogen-bond acceptors (Lipinski definition) is 8. The van der Waals surface area contributed by atoms with Crippen LogP contribution < -0.4 is 0 Å². The Morgan fingerprint density at radius 2 is 1.76 bits per heavy atom. The number of hydrogen-bond donors (Lipinski definition) is 0. The van der Waals surface area contributed by atoms with Gasteiger partial charge in [0, 0.05) is 32.6 Å². The van der Waals surface area contributed by atoms with Gasteiger partial charge in [-0.1, -0.05) is 12.1 Å². The molecular formula is C16H26N8O. The Balaban J connectivity index is 1.36. The first-order valence-corrected chi connectivity index (χ1v) is 9.25. The van der Waals surface area contributed by atoms with E-state index in [1.54, 1.807) is 0 Å². The van der Waals surface area contributed by atoms with Crippen LogP contribution in [0.5, 0.6) is 0 Å². The minimum Gasteiger partial charge on any atom is -0.338 e. The Hall–Kier alpha value is -1.87. The first-order valence-electron chi connectivity index (χ1n) is 9.25. The lowest BCUT2D eigenvalue weighted by molar-refractivity contribution is 0.0643. The monoisotopic (exact) mass is 346 g/mol. The molecule has 9 heteroatoms. The van der Waals surface area contributed by atoms with Crippen molar-refractivity contribution in [1.82, 2.24) is 40.1 Å². The molecule has 0 spiro atoms. The van der Waals surface area contributed by atoms with Crippen molar-refractivity contribution in [3.8, 4) is 0 Å². The largest absolute Gasteiger partial charge is 0.338 e. The van der Waals surface area contributed by atoms with Crippen LogP contribution in [0.25, 0.3) is 0 Å². The molecule has 0 N–H and O–H groups in total. The molecule has 1 aliphatic carbocycles.